The van der Waals surface area contributed by atoms with Gasteiger partial charge >= 0.3 is 5.97 Å². The first kappa shape index (κ1) is 15.0. The number of benzene rings is 1. The number of carbonyl (C=O) groups excluding carboxylic acids is 1. The van der Waals surface area contributed by atoms with E-state index >= 15 is 0 Å². The van der Waals surface area contributed by atoms with Crippen molar-refractivity contribution >= 4 is 17.3 Å². The highest BCUT2D eigenvalue weighted by atomic mass is 16.5. The van der Waals surface area contributed by atoms with E-state index in [4.69, 9.17) is 0 Å². The number of H-pyrrole nitrogens is 1. The lowest BCUT2D eigenvalue weighted by molar-refractivity contribution is 0.0594. The minimum Gasteiger partial charge on any atom is -0.464 e. The maximum atomic E-state index is 11.4. The molecule has 112 valence electrons. The van der Waals surface area contributed by atoms with Gasteiger partial charge < -0.3 is 19.9 Å². The molecule has 1 aromatic heterocycles. The molecule has 5 nitrogen and oxygen atoms in total. The molecule has 0 saturated carbocycles. The Balaban J connectivity index is 2.04. The van der Waals surface area contributed by atoms with E-state index in [9.17, 15) is 4.79 Å². The van der Waals surface area contributed by atoms with Gasteiger partial charge in [-0.15, -0.1) is 0 Å². The minimum atomic E-state index is -0.355. The molecule has 0 aliphatic heterocycles. The Labute approximate surface area is 124 Å². The third-order valence-corrected chi connectivity index (χ3v) is 3.33. The molecule has 1 heterocycles. The van der Waals surface area contributed by atoms with E-state index in [0.29, 0.717) is 12.2 Å². The normalized spacial score (nSPS) is 10.3. The van der Waals surface area contributed by atoms with Crippen LogP contribution in [0.25, 0.3) is 0 Å². The van der Waals surface area contributed by atoms with Gasteiger partial charge in [0.2, 0.25) is 0 Å². The molecule has 0 radical (unpaired) electrons. The van der Waals surface area contributed by atoms with Gasteiger partial charge in [0, 0.05) is 31.2 Å². The lowest BCUT2D eigenvalue weighted by Crippen LogP contribution is -2.11. The highest BCUT2D eigenvalue weighted by Gasteiger charge is 2.08. The van der Waals surface area contributed by atoms with Crippen molar-refractivity contribution in [2.45, 2.75) is 13.5 Å². The van der Waals surface area contributed by atoms with E-state index in [1.807, 2.05) is 26.2 Å². The summed E-state index contributed by atoms with van der Waals surface area (Å²) in [6, 6.07) is 9.85. The van der Waals surface area contributed by atoms with Gasteiger partial charge in [0.25, 0.3) is 0 Å². The zero-order chi connectivity index (χ0) is 15.4. The van der Waals surface area contributed by atoms with Crippen molar-refractivity contribution in [2.24, 2.45) is 0 Å². The van der Waals surface area contributed by atoms with Gasteiger partial charge in [-0.2, -0.15) is 0 Å². The first-order chi connectivity index (χ1) is 10.0. The maximum absolute atomic E-state index is 11.4. The molecular weight excluding hydrogens is 266 g/mol. The van der Waals surface area contributed by atoms with Gasteiger partial charge in [-0.3, -0.25) is 0 Å². The summed E-state index contributed by atoms with van der Waals surface area (Å²) < 4.78 is 4.67. The van der Waals surface area contributed by atoms with E-state index < -0.39 is 0 Å². The second kappa shape index (κ2) is 6.35. The number of esters is 1. The first-order valence-electron chi connectivity index (χ1n) is 6.79. The quantitative estimate of drug-likeness (QED) is 0.830. The molecule has 0 atom stereocenters. The zero-order valence-electron chi connectivity index (χ0n) is 12.9. The number of aromatic amines is 1. The van der Waals surface area contributed by atoms with Crippen LogP contribution in [-0.2, 0) is 11.3 Å². The van der Waals surface area contributed by atoms with Crippen molar-refractivity contribution in [3.8, 4) is 0 Å². The molecule has 1 aromatic carbocycles. The number of hydrogen-bond donors (Lipinski definition) is 2. The average molecular weight is 287 g/mol. The third-order valence-electron chi connectivity index (χ3n) is 3.33. The zero-order valence-corrected chi connectivity index (χ0v) is 12.9. The Morgan fingerprint density at radius 3 is 2.71 bits per heavy atom. The van der Waals surface area contributed by atoms with E-state index in [1.165, 1.54) is 18.4 Å². The summed E-state index contributed by atoms with van der Waals surface area (Å²) in [6.45, 7) is 2.71. The number of aryl methyl sites for hydroxylation is 1. The monoisotopic (exact) mass is 287 g/mol. The van der Waals surface area contributed by atoms with Gasteiger partial charge in [0.1, 0.15) is 5.69 Å². The minimum absolute atomic E-state index is 0.355. The molecule has 2 N–H and O–H groups in total. The number of nitrogens with one attached hydrogen (secondary N) is 2. The summed E-state index contributed by atoms with van der Waals surface area (Å²) in [6.07, 6.45) is 0. The van der Waals surface area contributed by atoms with Crippen LogP contribution in [0.5, 0.6) is 0 Å². The fourth-order valence-corrected chi connectivity index (χ4v) is 2.17. The van der Waals surface area contributed by atoms with Crippen molar-refractivity contribution < 1.29 is 9.53 Å². The van der Waals surface area contributed by atoms with Crippen LogP contribution in [0.2, 0.25) is 0 Å². The number of rotatable bonds is 5. The van der Waals surface area contributed by atoms with Gasteiger partial charge in [-0.05, 0) is 36.8 Å². The van der Waals surface area contributed by atoms with Gasteiger partial charge in [-0.25, -0.2) is 4.79 Å². The molecule has 0 saturated heterocycles. The maximum Gasteiger partial charge on any atom is 0.354 e. The third kappa shape index (κ3) is 3.56. The number of methoxy groups -OCH3 is 1. The Morgan fingerprint density at radius 2 is 2.05 bits per heavy atom. The van der Waals surface area contributed by atoms with Crippen LogP contribution < -0.4 is 10.2 Å². The molecule has 5 heteroatoms. The summed E-state index contributed by atoms with van der Waals surface area (Å²) in [4.78, 5) is 16.5. The van der Waals surface area contributed by atoms with Crippen molar-refractivity contribution in [3.63, 3.8) is 0 Å². The number of hydrogen-bond acceptors (Lipinski definition) is 4. The van der Waals surface area contributed by atoms with E-state index in [-0.39, 0.29) is 5.97 Å². The Hall–Kier alpha value is -2.43. The van der Waals surface area contributed by atoms with Crippen LogP contribution in [0.4, 0.5) is 11.4 Å². The molecule has 21 heavy (non-hydrogen) atoms. The molecule has 0 amide bonds. The van der Waals surface area contributed by atoms with Gasteiger partial charge in [0.05, 0.1) is 13.7 Å². The van der Waals surface area contributed by atoms with E-state index in [2.05, 4.69) is 39.0 Å². The lowest BCUT2D eigenvalue weighted by Gasteiger charge is -2.17. The predicted molar refractivity (Wildman–Crippen MR) is 85.0 cm³/mol. The molecule has 0 unspecified atom stereocenters. The van der Waals surface area contributed by atoms with Crippen LogP contribution in [-0.4, -0.2) is 32.2 Å². The lowest BCUT2D eigenvalue weighted by atomic mass is 10.1. The molecule has 2 aromatic rings. The highest BCUT2D eigenvalue weighted by molar-refractivity contribution is 5.87. The summed E-state index contributed by atoms with van der Waals surface area (Å²) in [5, 5.41) is 3.34. The van der Waals surface area contributed by atoms with Crippen LogP contribution in [0, 0.1) is 6.92 Å². The van der Waals surface area contributed by atoms with Crippen LogP contribution >= 0.6 is 0 Å². The number of aromatic nitrogens is 1. The molecule has 0 fully saturated rings. The molecule has 0 spiro atoms. The molecule has 0 bridgehead atoms. The topological polar surface area (TPSA) is 57.4 Å². The number of anilines is 2. The second-order valence-corrected chi connectivity index (χ2v) is 5.14. The average Bonchev–Trinajstić information content (AvgIpc) is 2.94. The standard InChI is InChI=1S/C16H21N3O2/c1-11-5-6-12(9-15(11)19(2)3)17-10-13-7-8-14(18-13)16(20)21-4/h5-9,17-18H,10H2,1-4H3. The highest BCUT2D eigenvalue weighted by Crippen LogP contribution is 2.22. The number of ether oxygens (including phenoxy) is 1. The van der Waals surface area contributed by atoms with Crippen molar-refractivity contribution in [2.75, 3.05) is 31.4 Å². The van der Waals surface area contributed by atoms with Crippen molar-refractivity contribution in [1.29, 1.82) is 0 Å². The molecule has 0 aliphatic rings. The van der Waals surface area contributed by atoms with Crippen LogP contribution in [0.15, 0.2) is 30.3 Å². The molecule has 2 rings (SSSR count). The van der Waals surface area contributed by atoms with Gasteiger partial charge in [0.15, 0.2) is 0 Å². The van der Waals surface area contributed by atoms with E-state index in [1.54, 1.807) is 6.07 Å². The van der Waals surface area contributed by atoms with Crippen molar-refractivity contribution in [1.82, 2.24) is 4.98 Å². The largest absolute Gasteiger partial charge is 0.464 e. The summed E-state index contributed by atoms with van der Waals surface area (Å²) in [5.74, 6) is -0.355. The summed E-state index contributed by atoms with van der Waals surface area (Å²) in [5.41, 5.74) is 4.85. The summed E-state index contributed by atoms with van der Waals surface area (Å²) in [7, 11) is 5.43. The SMILES string of the molecule is COC(=O)c1ccc(CNc2ccc(C)c(N(C)C)c2)[nH]1. The first-order valence-corrected chi connectivity index (χ1v) is 6.79. The molecular formula is C16H21N3O2. The second-order valence-electron chi connectivity index (χ2n) is 5.14. The number of carbonyl (C=O) groups is 1. The molecule has 0 aliphatic carbocycles. The Morgan fingerprint density at radius 1 is 1.29 bits per heavy atom. The fraction of sp³-hybridized carbons (Fsp3) is 0.312. The van der Waals surface area contributed by atoms with E-state index in [0.717, 1.165) is 11.4 Å². The Kier molecular flexibility index (Phi) is 4.52. The predicted octanol–water partition coefficient (Wildman–Crippen LogP) is 2.79. The van der Waals surface area contributed by atoms with Gasteiger partial charge in [-0.1, -0.05) is 6.07 Å². The van der Waals surface area contributed by atoms with Crippen molar-refractivity contribution in [3.05, 3.63) is 47.3 Å². The van der Waals surface area contributed by atoms with Crippen LogP contribution in [0.1, 0.15) is 21.7 Å². The Bertz CT molecular complexity index is 632. The smallest absolute Gasteiger partial charge is 0.354 e. The summed E-state index contributed by atoms with van der Waals surface area (Å²) >= 11 is 0. The number of nitrogens with zero attached hydrogens (tertiary/aromatic N) is 1. The van der Waals surface area contributed by atoms with Crippen LogP contribution in [0.3, 0.4) is 0 Å². The fourth-order valence-electron chi connectivity index (χ4n) is 2.17.